The lowest BCUT2D eigenvalue weighted by atomic mass is 10.00. The number of likely N-dealkylation sites (tertiary alicyclic amines) is 1. The van der Waals surface area contributed by atoms with Crippen molar-refractivity contribution in [2.45, 2.75) is 26.7 Å². The Balaban J connectivity index is 2.29. The molecule has 1 saturated heterocycles. The van der Waals surface area contributed by atoms with E-state index in [2.05, 4.69) is 13.8 Å². The van der Waals surface area contributed by atoms with E-state index < -0.39 is 0 Å². The fraction of sp³-hybridized carbons (Fsp3) is 0.909. The van der Waals surface area contributed by atoms with Crippen LogP contribution in [0.4, 0.5) is 4.79 Å². The summed E-state index contributed by atoms with van der Waals surface area (Å²) in [5, 5.41) is 9.07. The highest BCUT2D eigenvalue weighted by Crippen LogP contribution is 2.22. The van der Waals surface area contributed by atoms with E-state index in [9.17, 15) is 4.79 Å². The third kappa shape index (κ3) is 3.38. The highest BCUT2D eigenvalue weighted by atomic mass is 16.6. The third-order valence-electron chi connectivity index (χ3n) is 2.98. The van der Waals surface area contributed by atoms with Crippen molar-refractivity contribution in [1.82, 2.24) is 4.90 Å². The second kappa shape index (κ2) is 5.95. The van der Waals surface area contributed by atoms with E-state index in [0.717, 1.165) is 12.8 Å². The van der Waals surface area contributed by atoms with E-state index in [0.29, 0.717) is 25.6 Å². The predicted molar refractivity (Wildman–Crippen MR) is 57.6 cm³/mol. The molecule has 1 N–H and O–H groups in total. The average Bonchev–Trinajstić information content (AvgIpc) is 2.60. The average molecular weight is 215 g/mol. The monoisotopic (exact) mass is 215 g/mol. The van der Waals surface area contributed by atoms with Gasteiger partial charge in [-0.25, -0.2) is 4.79 Å². The van der Waals surface area contributed by atoms with Crippen molar-refractivity contribution >= 4 is 6.09 Å². The van der Waals surface area contributed by atoms with E-state index in [-0.39, 0.29) is 18.6 Å². The summed E-state index contributed by atoms with van der Waals surface area (Å²) in [4.78, 5) is 13.2. The molecule has 4 heteroatoms. The molecule has 1 aliphatic heterocycles. The van der Waals surface area contributed by atoms with Gasteiger partial charge in [-0.05, 0) is 12.3 Å². The Hall–Kier alpha value is -0.770. The Kier molecular flexibility index (Phi) is 4.88. The molecule has 0 unspecified atom stereocenters. The van der Waals surface area contributed by atoms with Gasteiger partial charge in [0.1, 0.15) is 0 Å². The van der Waals surface area contributed by atoms with Crippen LogP contribution in [0.1, 0.15) is 26.7 Å². The lowest BCUT2D eigenvalue weighted by molar-refractivity contribution is 0.106. The van der Waals surface area contributed by atoms with Crippen LogP contribution in [0.25, 0.3) is 0 Å². The quantitative estimate of drug-likeness (QED) is 0.723. The first-order valence-corrected chi connectivity index (χ1v) is 5.71. The topological polar surface area (TPSA) is 49.8 Å². The maximum atomic E-state index is 11.5. The number of ether oxygens (including phenoxy) is 1. The summed E-state index contributed by atoms with van der Waals surface area (Å²) in [6, 6.07) is 0. The van der Waals surface area contributed by atoms with Crippen LogP contribution in [0.15, 0.2) is 0 Å². The van der Waals surface area contributed by atoms with E-state index in [1.54, 1.807) is 4.90 Å². The van der Waals surface area contributed by atoms with Gasteiger partial charge in [0.25, 0.3) is 0 Å². The van der Waals surface area contributed by atoms with Crippen molar-refractivity contribution in [3.63, 3.8) is 0 Å². The van der Waals surface area contributed by atoms with Crippen molar-refractivity contribution in [1.29, 1.82) is 0 Å². The lowest BCUT2D eigenvalue weighted by Gasteiger charge is -2.15. The van der Waals surface area contributed by atoms with Gasteiger partial charge in [-0.1, -0.05) is 20.3 Å². The van der Waals surface area contributed by atoms with Gasteiger partial charge >= 0.3 is 6.09 Å². The highest BCUT2D eigenvalue weighted by molar-refractivity contribution is 5.68. The fourth-order valence-electron chi connectivity index (χ4n) is 1.82. The molecule has 0 radical (unpaired) electrons. The minimum absolute atomic E-state index is 0.153. The number of nitrogens with zero attached hydrogens (tertiary/aromatic N) is 1. The van der Waals surface area contributed by atoms with Gasteiger partial charge in [0.05, 0.1) is 6.61 Å². The van der Waals surface area contributed by atoms with Gasteiger partial charge in [-0.15, -0.1) is 0 Å². The van der Waals surface area contributed by atoms with Crippen LogP contribution in [0, 0.1) is 11.8 Å². The molecule has 15 heavy (non-hydrogen) atoms. The first-order valence-electron chi connectivity index (χ1n) is 5.71. The zero-order chi connectivity index (χ0) is 11.3. The second-order valence-corrected chi connectivity index (χ2v) is 4.29. The molecule has 0 bridgehead atoms. The summed E-state index contributed by atoms with van der Waals surface area (Å²) in [6.07, 6.45) is 1.72. The molecule has 0 aromatic heterocycles. The molecule has 1 rings (SSSR count). The number of aliphatic hydroxyl groups is 1. The van der Waals surface area contributed by atoms with E-state index in [1.807, 2.05) is 0 Å². The summed E-state index contributed by atoms with van der Waals surface area (Å²) in [6.45, 7) is 6.11. The normalized spacial score (nSPS) is 25.7. The molecule has 0 aromatic rings. The standard InChI is InChI=1S/C11H21NO3/c1-3-4-5-15-11(14)12-6-9(2)10(7-12)8-13/h9-10,13H,3-8H2,1-2H3/t9-,10+/m1/s1. The molecule has 2 atom stereocenters. The molecular formula is C11H21NO3. The van der Waals surface area contributed by atoms with Crippen LogP contribution in [0.2, 0.25) is 0 Å². The summed E-state index contributed by atoms with van der Waals surface area (Å²) in [5.74, 6) is 0.581. The number of rotatable bonds is 4. The Bertz CT molecular complexity index is 208. The number of unbranched alkanes of at least 4 members (excludes halogenated alkanes) is 1. The molecule has 1 heterocycles. The molecule has 0 saturated carbocycles. The van der Waals surface area contributed by atoms with Gasteiger partial charge < -0.3 is 14.7 Å². The summed E-state index contributed by atoms with van der Waals surface area (Å²) < 4.78 is 5.11. The molecule has 0 spiro atoms. The Labute approximate surface area is 91.2 Å². The van der Waals surface area contributed by atoms with Crippen molar-refractivity contribution < 1.29 is 14.6 Å². The summed E-state index contributed by atoms with van der Waals surface area (Å²) in [5.41, 5.74) is 0. The molecule has 1 amide bonds. The third-order valence-corrected chi connectivity index (χ3v) is 2.98. The van der Waals surface area contributed by atoms with Crippen LogP contribution in [0.5, 0.6) is 0 Å². The Morgan fingerprint density at radius 3 is 2.80 bits per heavy atom. The predicted octanol–water partition coefficient (Wildman–Crippen LogP) is 1.48. The van der Waals surface area contributed by atoms with Crippen molar-refractivity contribution in [3.8, 4) is 0 Å². The molecule has 0 aliphatic carbocycles. The molecular weight excluding hydrogens is 194 g/mol. The van der Waals surface area contributed by atoms with Crippen LogP contribution >= 0.6 is 0 Å². The summed E-state index contributed by atoms with van der Waals surface area (Å²) in [7, 11) is 0. The minimum Gasteiger partial charge on any atom is -0.449 e. The Morgan fingerprint density at radius 1 is 1.53 bits per heavy atom. The first-order chi connectivity index (χ1) is 7.19. The number of hydrogen-bond acceptors (Lipinski definition) is 3. The Morgan fingerprint density at radius 2 is 2.27 bits per heavy atom. The van der Waals surface area contributed by atoms with Crippen molar-refractivity contribution in [2.24, 2.45) is 11.8 Å². The van der Waals surface area contributed by atoms with Gasteiger partial charge in [0.2, 0.25) is 0 Å². The SMILES string of the molecule is CCCCOC(=O)N1C[C@@H](CO)[C@H](C)C1. The molecule has 88 valence electrons. The van der Waals surface area contributed by atoms with Gasteiger partial charge in [-0.2, -0.15) is 0 Å². The van der Waals surface area contributed by atoms with E-state index >= 15 is 0 Å². The van der Waals surface area contributed by atoms with E-state index in [4.69, 9.17) is 9.84 Å². The van der Waals surface area contributed by atoms with Crippen LogP contribution in [0.3, 0.4) is 0 Å². The number of aliphatic hydroxyl groups excluding tert-OH is 1. The van der Waals surface area contributed by atoms with Crippen LogP contribution in [-0.2, 0) is 4.74 Å². The minimum atomic E-state index is -0.230. The van der Waals surface area contributed by atoms with Crippen molar-refractivity contribution in [2.75, 3.05) is 26.3 Å². The zero-order valence-corrected chi connectivity index (χ0v) is 9.61. The van der Waals surface area contributed by atoms with Gasteiger partial charge in [0.15, 0.2) is 0 Å². The second-order valence-electron chi connectivity index (χ2n) is 4.29. The smallest absolute Gasteiger partial charge is 0.409 e. The van der Waals surface area contributed by atoms with Crippen LogP contribution < -0.4 is 0 Å². The lowest BCUT2D eigenvalue weighted by Crippen LogP contribution is -2.30. The molecule has 0 aromatic carbocycles. The zero-order valence-electron chi connectivity index (χ0n) is 9.61. The number of amides is 1. The molecule has 1 fully saturated rings. The maximum Gasteiger partial charge on any atom is 0.409 e. The number of carbonyl (C=O) groups excluding carboxylic acids is 1. The fourth-order valence-corrected chi connectivity index (χ4v) is 1.82. The van der Waals surface area contributed by atoms with Crippen LogP contribution in [-0.4, -0.2) is 42.4 Å². The first kappa shape index (κ1) is 12.3. The largest absolute Gasteiger partial charge is 0.449 e. The highest BCUT2D eigenvalue weighted by Gasteiger charge is 2.32. The molecule has 4 nitrogen and oxygen atoms in total. The summed E-state index contributed by atoms with van der Waals surface area (Å²) >= 11 is 0. The van der Waals surface area contributed by atoms with Crippen molar-refractivity contribution in [3.05, 3.63) is 0 Å². The van der Waals surface area contributed by atoms with Gasteiger partial charge in [-0.3, -0.25) is 0 Å². The number of carbonyl (C=O) groups is 1. The molecule has 1 aliphatic rings. The maximum absolute atomic E-state index is 11.5. The van der Waals surface area contributed by atoms with E-state index in [1.165, 1.54) is 0 Å². The number of hydrogen-bond donors (Lipinski definition) is 1. The van der Waals surface area contributed by atoms with Gasteiger partial charge in [0, 0.05) is 25.6 Å².